The van der Waals surface area contributed by atoms with Crippen LogP contribution >= 0.6 is 12.4 Å². The zero-order valence-corrected chi connectivity index (χ0v) is 13.9. The first-order chi connectivity index (χ1) is 10.6. The lowest BCUT2D eigenvalue weighted by Crippen LogP contribution is -2.44. The van der Waals surface area contributed by atoms with E-state index in [-0.39, 0.29) is 24.3 Å². The van der Waals surface area contributed by atoms with Gasteiger partial charge in [-0.3, -0.25) is 4.90 Å². The Bertz CT molecular complexity index is 688. The molecule has 0 aliphatic carbocycles. The number of piperazine rings is 1. The van der Waals surface area contributed by atoms with Gasteiger partial charge in [0.2, 0.25) is 0 Å². The standard InChI is InChI=1S/C16H19FN4O.ClH/c1-11(12-4-3-5-13(17)9-12)8-15-19-16(20-22-15)14-10-18-6-7-21(14)2;/h3-5,8-9,14,18H,6-7,10H2,1-2H3;1H/b11-8-;. The highest BCUT2D eigenvalue weighted by molar-refractivity contribution is 5.85. The van der Waals surface area contributed by atoms with E-state index in [0.717, 1.165) is 30.8 Å². The Morgan fingerprint density at radius 3 is 3.04 bits per heavy atom. The number of halogens is 2. The summed E-state index contributed by atoms with van der Waals surface area (Å²) >= 11 is 0. The number of nitrogens with one attached hydrogen (secondary N) is 1. The number of aromatic nitrogens is 2. The van der Waals surface area contributed by atoms with E-state index in [0.29, 0.717) is 11.7 Å². The van der Waals surface area contributed by atoms with Gasteiger partial charge in [-0.05, 0) is 37.2 Å². The van der Waals surface area contributed by atoms with Gasteiger partial charge in [0, 0.05) is 25.7 Å². The van der Waals surface area contributed by atoms with E-state index in [4.69, 9.17) is 4.52 Å². The molecule has 1 atom stereocenters. The van der Waals surface area contributed by atoms with Gasteiger partial charge in [0.15, 0.2) is 5.82 Å². The molecule has 23 heavy (non-hydrogen) atoms. The van der Waals surface area contributed by atoms with Crippen LogP contribution in [0.1, 0.15) is 30.2 Å². The van der Waals surface area contributed by atoms with Crippen molar-refractivity contribution in [1.82, 2.24) is 20.4 Å². The van der Waals surface area contributed by atoms with Crippen molar-refractivity contribution >= 4 is 24.1 Å². The summed E-state index contributed by atoms with van der Waals surface area (Å²) in [5.74, 6) is 0.857. The van der Waals surface area contributed by atoms with Gasteiger partial charge in [0.25, 0.3) is 5.89 Å². The van der Waals surface area contributed by atoms with E-state index < -0.39 is 0 Å². The van der Waals surface area contributed by atoms with E-state index in [2.05, 4.69) is 27.4 Å². The molecule has 3 rings (SSSR count). The molecule has 1 aromatic heterocycles. The Labute approximate surface area is 141 Å². The zero-order chi connectivity index (χ0) is 15.5. The number of hydrogen-bond acceptors (Lipinski definition) is 5. The molecule has 124 valence electrons. The minimum atomic E-state index is -0.258. The Morgan fingerprint density at radius 1 is 1.48 bits per heavy atom. The third-order valence-electron chi connectivity index (χ3n) is 3.89. The van der Waals surface area contributed by atoms with E-state index >= 15 is 0 Å². The molecule has 0 radical (unpaired) electrons. The third-order valence-corrected chi connectivity index (χ3v) is 3.89. The van der Waals surface area contributed by atoms with Gasteiger partial charge in [0.1, 0.15) is 5.82 Å². The predicted octanol–water partition coefficient (Wildman–Crippen LogP) is 2.77. The first-order valence-corrected chi connectivity index (χ1v) is 7.32. The van der Waals surface area contributed by atoms with Gasteiger partial charge in [-0.15, -0.1) is 12.4 Å². The third kappa shape index (κ3) is 4.16. The smallest absolute Gasteiger partial charge is 0.250 e. The van der Waals surface area contributed by atoms with Crippen LogP contribution in [0.5, 0.6) is 0 Å². The highest BCUT2D eigenvalue weighted by Crippen LogP contribution is 2.21. The van der Waals surface area contributed by atoms with Crippen molar-refractivity contribution in [3.05, 3.63) is 47.4 Å². The molecule has 1 N–H and O–H groups in total. The fraction of sp³-hybridized carbons (Fsp3) is 0.375. The van der Waals surface area contributed by atoms with Crippen LogP contribution in [-0.4, -0.2) is 41.7 Å². The molecule has 1 aliphatic rings. The van der Waals surface area contributed by atoms with Crippen LogP contribution in [0.2, 0.25) is 0 Å². The summed E-state index contributed by atoms with van der Waals surface area (Å²) in [4.78, 5) is 6.65. The van der Waals surface area contributed by atoms with Crippen LogP contribution in [0.15, 0.2) is 28.8 Å². The molecule has 1 aliphatic heterocycles. The maximum absolute atomic E-state index is 13.3. The van der Waals surface area contributed by atoms with Gasteiger partial charge in [0.05, 0.1) is 6.04 Å². The number of allylic oxidation sites excluding steroid dienone is 1. The second kappa shape index (κ2) is 7.68. The summed E-state index contributed by atoms with van der Waals surface area (Å²) in [6, 6.07) is 6.57. The molecule has 1 saturated heterocycles. The molecule has 1 unspecified atom stereocenters. The van der Waals surface area contributed by atoms with Crippen LogP contribution in [0, 0.1) is 5.82 Å². The van der Waals surface area contributed by atoms with Crippen LogP contribution < -0.4 is 5.32 Å². The Kier molecular flexibility index (Phi) is 5.87. The first-order valence-electron chi connectivity index (χ1n) is 7.32. The van der Waals surface area contributed by atoms with Gasteiger partial charge in [-0.1, -0.05) is 17.3 Å². The second-order valence-corrected chi connectivity index (χ2v) is 5.53. The molecule has 1 fully saturated rings. The molecule has 5 nitrogen and oxygen atoms in total. The summed E-state index contributed by atoms with van der Waals surface area (Å²) in [6.07, 6.45) is 1.78. The number of likely N-dealkylation sites (N-methyl/N-ethyl adjacent to an activating group) is 1. The SMILES string of the molecule is C/C(=C/c1nc(C2CNCCN2C)no1)c1cccc(F)c1.Cl. The Balaban J connectivity index is 0.00000192. The molecule has 0 bridgehead atoms. The lowest BCUT2D eigenvalue weighted by atomic mass is 10.1. The summed E-state index contributed by atoms with van der Waals surface area (Å²) in [6.45, 7) is 4.62. The Morgan fingerprint density at radius 2 is 2.30 bits per heavy atom. The lowest BCUT2D eigenvalue weighted by Gasteiger charge is -2.30. The summed E-state index contributed by atoms with van der Waals surface area (Å²) in [5.41, 5.74) is 1.68. The van der Waals surface area contributed by atoms with Gasteiger partial charge >= 0.3 is 0 Å². The molecule has 1 aromatic carbocycles. The van der Waals surface area contributed by atoms with Crippen molar-refractivity contribution < 1.29 is 8.91 Å². The number of rotatable bonds is 3. The van der Waals surface area contributed by atoms with E-state index in [9.17, 15) is 4.39 Å². The fourth-order valence-electron chi connectivity index (χ4n) is 2.54. The highest BCUT2D eigenvalue weighted by atomic mass is 35.5. The van der Waals surface area contributed by atoms with Crippen LogP contribution in [0.3, 0.4) is 0 Å². The number of benzene rings is 1. The fourth-order valence-corrected chi connectivity index (χ4v) is 2.54. The predicted molar refractivity (Wildman–Crippen MR) is 89.7 cm³/mol. The maximum Gasteiger partial charge on any atom is 0.250 e. The monoisotopic (exact) mass is 338 g/mol. The van der Waals surface area contributed by atoms with Crippen LogP contribution in [-0.2, 0) is 0 Å². The minimum Gasteiger partial charge on any atom is -0.335 e. The van der Waals surface area contributed by atoms with Gasteiger partial charge in [-0.2, -0.15) is 4.98 Å². The summed E-state index contributed by atoms with van der Waals surface area (Å²) in [7, 11) is 2.05. The molecule has 0 spiro atoms. The number of hydrogen-bond donors (Lipinski definition) is 1. The molecular weight excluding hydrogens is 319 g/mol. The summed E-state index contributed by atoms with van der Waals surface area (Å²) in [5, 5.41) is 7.39. The van der Waals surface area contributed by atoms with Crippen LogP contribution in [0.4, 0.5) is 4.39 Å². The average Bonchev–Trinajstić information content (AvgIpc) is 2.96. The molecular formula is C16H20ClFN4O. The molecule has 0 saturated carbocycles. The van der Waals surface area contributed by atoms with Crippen molar-refractivity contribution in [2.45, 2.75) is 13.0 Å². The summed E-state index contributed by atoms with van der Waals surface area (Å²) < 4.78 is 18.6. The first kappa shape index (κ1) is 17.6. The molecule has 7 heteroatoms. The van der Waals surface area contributed by atoms with E-state index in [1.165, 1.54) is 12.1 Å². The molecule has 2 aromatic rings. The van der Waals surface area contributed by atoms with Crippen molar-refractivity contribution in [2.75, 3.05) is 26.7 Å². The molecule has 2 heterocycles. The van der Waals surface area contributed by atoms with Crippen molar-refractivity contribution in [1.29, 1.82) is 0 Å². The normalized spacial score (nSPS) is 19.4. The topological polar surface area (TPSA) is 54.2 Å². The Hall–Kier alpha value is -1.76. The maximum atomic E-state index is 13.3. The number of nitrogens with zero attached hydrogens (tertiary/aromatic N) is 3. The van der Waals surface area contributed by atoms with Crippen molar-refractivity contribution in [2.24, 2.45) is 0 Å². The zero-order valence-electron chi connectivity index (χ0n) is 13.1. The van der Waals surface area contributed by atoms with E-state index in [1.807, 2.05) is 13.0 Å². The lowest BCUT2D eigenvalue weighted by molar-refractivity contribution is 0.190. The van der Waals surface area contributed by atoms with Gasteiger partial charge < -0.3 is 9.84 Å². The van der Waals surface area contributed by atoms with Crippen molar-refractivity contribution in [3.8, 4) is 0 Å². The quantitative estimate of drug-likeness (QED) is 0.932. The molecule has 0 amide bonds. The largest absolute Gasteiger partial charge is 0.335 e. The highest BCUT2D eigenvalue weighted by Gasteiger charge is 2.24. The van der Waals surface area contributed by atoms with Gasteiger partial charge in [-0.25, -0.2) is 4.39 Å². The second-order valence-electron chi connectivity index (χ2n) is 5.53. The minimum absolute atomic E-state index is 0. The van der Waals surface area contributed by atoms with E-state index in [1.54, 1.807) is 12.1 Å². The van der Waals surface area contributed by atoms with Crippen molar-refractivity contribution in [3.63, 3.8) is 0 Å². The van der Waals surface area contributed by atoms with Crippen LogP contribution in [0.25, 0.3) is 11.6 Å². The average molecular weight is 339 g/mol.